The number of unbranched alkanes of at least 4 members (excludes halogenated alkanes) is 1. The fourth-order valence-corrected chi connectivity index (χ4v) is 11.2. The average Bonchev–Trinajstić information content (AvgIpc) is 1.74. The molecule has 13 amide bonds. The number of carbonyl (C=O) groups is 13. The van der Waals surface area contributed by atoms with Crippen LogP contribution < -0.4 is 82.7 Å². The first-order valence-electron chi connectivity index (χ1n) is 31.9. The second-order valence-electron chi connectivity index (χ2n) is 23.8. The summed E-state index contributed by atoms with van der Waals surface area (Å²) in [5, 5.41) is 20.8. The lowest BCUT2D eigenvalue weighted by Gasteiger charge is -2.32. The maximum absolute atomic E-state index is 14.6. The molecule has 95 heavy (non-hydrogen) atoms. The van der Waals surface area contributed by atoms with Gasteiger partial charge in [0.1, 0.15) is 54.0 Å². The molecule has 9 atom stereocenters. The Kier molecular flexibility index (Phi) is 33.6. The van der Waals surface area contributed by atoms with E-state index in [1.165, 1.54) is 27.6 Å². The molecule has 31 nitrogen and oxygen atoms in total. The number of thioether (sulfide) groups is 1. The normalized spacial score (nSPS) is 16.7. The van der Waals surface area contributed by atoms with Crippen molar-refractivity contribution in [3.05, 3.63) is 77.5 Å². The Hall–Kier alpha value is -9.17. The smallest absolute Gasteiger partial charge is 0.268 e. The number of hydrogen-bond acceptors (Lipinski definition) is 17. The Bertz CT molecular complexity index is 3030. The molecule has 0 unspecified atom stereocenters. The number of rotatable bonds is 41. The highest BCUT2D eigenvalue weighted by Gasteiger charge is 2.42. The molecule has 0 aliphatic carbocycles. The molecule has 0 spiro atoms. The lowest BCUT2D eigenvalue weighted by molar-refractivity contribution is -0.144. The maximum atomic E-state index is 14.6. The minimum Gasteiger partial charge on any atom is -0.370 e. The van der Waals surface area contributed by atoms with Gasteiger partial charge in [-0.05, 0) is 125 Å². The molecule has 2 heterocycles. The van der Waals surface area contributed by atoms with E-state index in [4.69, 9.17) is 40.1 Å². The third-order valence-electron chi connectivity index (χ3n) is 15.7. The summed E-state index contributed by atoms with van der Waals surface area (Å²) in [6, 6.07) is 5.55. The Morgan fingerprint density at radius 3 is 1.72 bits per heavy atom. The van der Waals surface area contributed by atoms with Gasteiger partial charge in [0, 0.05) is 38.9 Å². The van der Waals surface area contributed by atoms with E-state index >= 15 is 0 Å². The predicted molar refractivity (Wildman–Crippen MR) is 356 cm³/mol. The van der Waals surface area contributed by atoms with Crippen molar-refractivity contribution in [1.82, 2.24) is 52.3 Å². The van der Waals surface area contributed by atoms with Crippen molar-refractivity contribution >= 4 is 101 Å². The molecule has 0 saturated carbocycles. The van der Waals surface area contributed by atoms with E-state index in [-0.39, 0.29) is 76.6 Å². The first kappa shape index (κ1) is 78.3. The number of nitrogens with zero attached hydrogens (tertiary/aromatic N) is 3. The number of carbonyl (C=O) groups excluding carboxylic acids is 13. The minimum absolute atomic E-state index is 0.0683. The number of nitrogens with one attached hydrogen (secondary N) is 8. The largest absolute Gasteiger partial charge is 0.370 e. The van der Waals surface area contributed by atoms with Crippen LogP contribution in [0.3, 0.4) is 0 Å². The average molecular weight is 1350 g/mol. The van der Waals surface area contributed by atoms with Crippen LogP contribution >= 0.6 is 11.8 Å². The maximum Gasteiger partial charge on any atom is 0.268 e. The van der Waals surface area contributed by atoms with Gasteiger partial charge in [0.25, 0.3) is 5.91 Å². The van der Waals surface area contributed by atoms with Crippen molar-refractivity contribution in [1.29, 1.82) is 0 Å². The molecule has 2 saturated heterocycles. The summed E-state index contributed by atoms with van der Waals surface area (Å²) in [4.78, 5) is 185. The van der Waals surface area contributed by atoms with E-state index in [1.54, 1.807) is 60.7 Å². The summed E-state index contributed by atoms with van der Waals surface area (Å²) < 4.78 is 0. The summed E-state index contributed by atoms with van der Waals surface area (Å²) in [7, 11) is 0. The van der Waals surface area contributed by atoms with Gasteiger partial charge in [-0.2, -0.15) is 11.8 Å². The molecule has 2 aliphatic heterocycles. The van der Waals surface area contributed by atoms with Crippen LogP contribution in [0.25, 0.3) is 6.08 Å². The van der Waals surface area contributed by atoms with Gasteiger partial charge in [-0.1, -0.05) is 74.5 Å². The minimum atomic E-state index is -1.68. The topological polar surface area (TPSA) is 519 Å². The first-order valence-corrected chi connectivity index (χ1v) is 33.3. The van der Waals surface area contributed by atoms with E-state index in [9.17, 15) is 62.3 Å². The molecule has 2 aliphatic rings. The molecule has 22 N–H and O–H groups in total. The van der Waals surface area contributed by atoms with Gasteiger partial charge < -0.3 is 92.5 Å². The molecule has 0 radical (unpaired) electrons. The number of aliphatic imine (C=N–C) groups is 1. The summed E-state index contributed by atoms with van der Waals surface area (Å²) in [6.07, 6.45) is 4.45. The highest BCUT2D eigenvalue weighted by Crippen LogP contribution is 2.24. The van der Waals surface area contributed by atoms with Crippen LogP contribution in [0.15, 0.2) is 71.4 Å². The van der Waals surface area contributed by atoms with Gasteiger partial charge in [-0.15, -0.1) is 0 Å². The van der Waals surface area contributed by atoms with Crippen LogP contribution in [-0.4, -0.2) is 192 Å². The standard InChI is InChI=1S/C63H96N18O13S/c1-37(2)33-45(57(89)74-41(53(68)85)27-32-95-3)73-52(84)36-72-54(86)46(34-38-15-6-4-7-16-38)78-58(90)47(35-39-17-8-5-9-18-39)79-56(88)42(23-25-50(66)82)75-55(87)43(24-26-51(67)83)76-59(91)49-22-14-31-81(49)62(94)44(20-10-11-28-64)77-60(92)48-21-13-30-80(48)61(93)40(65)19-12-29-71-63(69)70/h4-9,15-18,35,37,40-46,48-49H,10-14,19-34,36,64-65H2,1-3H3,(H2,66,82)(H2,67,83)(H2,68,85)(H,72,86)(H,73,84)(H,74,89)(H,75,87)(H,76,91)(H,77,92)(H,78,90)(H,79,88)(H4,69,70,71)/b47-35-/t40-,41-,42-,43-,44-,45-,46-,48-,49+/m0/s1. The molecule has 2 fully saturated rings. The van der Waals surface area contributed by atoms with Gasteiger partial charge in [0.15, 0.2) is 5.96 Å². The van der Waals surface area contributed by atoms with Crippen molar-refractivity contribution in [3.63, 3.8) is 0 Å². The van der Waals surface area contributed by atoms with Crippen molar-refractivity contribution in [2.75, 3.05) is 44.7 Å². The van der Waals surface area contributed by atoms with E-state index in [0.29, 0.717) is 55.4 Å². The number of primary amides is 3. The summed E-state index contributed by atoms with van der Waals surface area (Å²) in [5.74, 6) is -10.1. The van der Waals surface area contributed by atoms with Crippen molar-refractivity contribution in [2.24, 2.45) is 51.0 Å². The zero-order valence-corrected chi connectivity index (χ0v) is 55.1. The monoisotopic (exact) mass is 1340 g/mol. The van der Waals surface area contributed by atoms with Gasteiger partial charge in [-0.3, -0.25) is 67.3 Å². The SMILES string of the molecule is CSCC[C@H](NC(=O)[C@H](CC(C)C)NC(=O)CNC(=O)[C@H](Cc1ccccc1)NC(=O)/C(=C/c1ccccc1)NC(=O)[C@H](CCC(N)=O)NC(=O)[C@H](CCC(N)=O)NC(=O)[C@H]1CCCN1C(=O)[C@H](CCCCN)NC(=O)[C@@H]1CCCN1C(=O)[C@@H](N)CCCN=C(N)N)C(N)=O. The molecule has 0 aromatic heterocycles. The van der Waals surface area contributed by atoms with E-state index < -0.39 is 169 Å². The number of guanidine groups is 1. The molecule has 0 bridgehead atoms. The second-order valence-corrected chi connectivity index (χ2v) is 24.8. The lowest BCUT2D eigenvalue weighted by Crippen LogP contribution is -2.59. The van der Waals surface area contributed by atoms with E-state index in [2.05, 4.69) is 47.5 Å². The van der Waals surface area contributed by atoms with Crippen LogP contribution in [0.1, 0.15) is 121 Å². The fraction of sp³-hybridized carbons (Fsp3) is 0.556. The number of nitrogens with two attached hydrogens (primary N) is 7. The highest BCUT2D eigenvalue weighted by molar-refractivity contribution is 7.98. The zero-order valence-electron chi connectivity index (χ0n) is 54.3. The van der Waals surface area contributed by atoms with E-state index in [1.807, 2.05) is 20.1 Å². The van der Waals surface area contributed by atoms with Gasteiger partial charge in [0.05, 0.1) is 12.6 Å². The van der Waals surface area contributed by atoms with Crippen molar-refractivity contribution in [2.45, 2.75) is 171 Å². The Morgan fingerprint density at radius 1 is 0.600 bits per heavy atom. The molecule has 522 valence electrons. The van der Waals surface area contributed by atoms with Gasteiger partial charge in [-0.25, -0.2) is 0 Å². The van der Waals surface area contributed by atoms with Crippen LogP contribution in [0.5, 0.6) is 0 Å². The molecular weight excluding hydrogens is 1250 g/mol. The van der Waals surface area contributed by atoms with Crippen LogP contribution in [0.4, 0.5) is 0 Å². The number of benzene rings is 2. The fourth-order valence-electron chi connectivity index (χ4n) is 10.8. The first-order chi connectivity index (χ1) is 45.2. The highest BCUT2D eigenvalue weighted by atomic mass is 32.2. The second kappa shape index (κ2) is 40.8. The van der Waals surface area contributed by atoms with Gasteiger partial charge >= 0.3 is 0 Å². The number of hydrogen-bond donors (Lipinski definition) is 15. The zero-order chi connectivity index (χ0) is 70.1. The van der Waals surface area contributed by atoms with Crippen LogP contribution in [0.2, 0.25) is 0 Å². The molecule has 4 rings (SSSR count). The predicted octanol–water partition coefficient (Wildman–Crippen LogP) is -3.28. The molecule has 32 heteroatoms. The Labute approximate surface area is 557 Å². The van der Waals surface area contributed by atoms with Crippen molar-refractivity contribution < 1.29 is 62.3 Å². The van der Waals surface area contributed by atoms with Gasteiger partial charge in [0.2, 0.25) is 70.9 Å². The summed E-state index contributed by atoms with van der Waals surface area (Å²) in [6.45, 7) is 3.83. The van der Waals surface area contributed by atoms with E-state index in [0.717, 1.165) is 0 Å². The number of amides is 13. The Morgan fingerprint density at radius 2 is 1.16 bits per heavy atom. The number of likely N-dealkylation sites (tertiary alicyclic amines) is 2. The summed E-state index contributed by atoms with van der Waals surface area (Å²) in [5.41, 5.74) is 40.0. The third-order valence-corrected chi connectivity index (χ3v) is 16.4. The molecule has 2 aromatic rings. The third kappa shape index (κ3) is 27.4. The molecule has 2 aromatic carbocycles. The lowest BCUT2D eigenvalue weighted by atomic mass is 10.0. The van der Waals surface area contributed by atoms with Crippen LogP contribution in [0, 0.1) is 5.92 Å². The van der Waals surface area contributed by atoms with Crippen LogP contribution in [-0.2, 0) is 68.7 Å². The Balaban J connectivity index is 1.57. The quantitative estimate of drug-likeness (QED) is 0.0134. The molecular formula is C63H96N18O13S. The summed E-state index contributed by atoms with van der Waals surface area (Å²) >= 11 is 1.45. The van der Waals surface area contributed by atoms with Crippen molar-refractivity contribution in [3.8, 4) is 0 Å².